The van der Waals surface area contributed by atoms with Gasteiger partial charge in [-0.25, -0.2) is 9.97 Å². The van der Waals surface area contributed by atoms with Crippen LogP contribution in [-0.4, -0.2) is 16.5 Å². The van der Waals surface area contributed by atoms with Crippen molar-refractivity contribution in [2.24, 2.45) is 0 Å². The second-order valence-electron chi connectivity index (χ2n) is 4.14. The summed E-state index contributed by atoms with van der Waals surface area (Å²) in [5.41, 5.74) is 6.70. The Morgan fingerprint density at radius 3 is 2.68 bits per heavy atom. The molecule has 0 bridgehead atoms. The first kappa shape index (κ1) is 13.9. The molecule has 0 unspecified atom stereocenters. The molecule has 0 amide bonds. The van der Waals surface area contributed by atoms with E-state index in [9.17, 15) is 0 Å². The summed E-state index contributed by atoms with van der Waals surface area (Å²) >= 11 is 12.0. The Morgan fingerprint density at radius 1 is 1.21 bits per heavy atom. The molecule has 0 radical (unpaired) electrons. The topological polar surface area (TPSA) is 63.8 Å². The highest BCUT2D eigenvalue weighted by molar-refractivity contribution is 6.35. The van der Waals surface area contributed by atoms with E-state index in [-0.39, 0.29) is 0 Å². The molecule has 0 saturated carbocycles. The van der Waals surface area contributed by atoms with Gasteiger partial charge in [0.05, 0.1) is 0 Å². The van der Waals surface area contributed by atoms with Gasteiger partial charge in [-0.1, -0.05) is 29.3 Å². The molecule has 1 aromatic heterocycles. The number of benzene rings is 1. The molecular weight excluding hydrogens is 283 g/mol. The number of hydrogen-bond donors (Lipinski definition) is 2. The third-order valence-corrected chi connectivity index (χ3v) is 3.16. The van der Waals surface area contributed by atoms with Crippen LogP contribution >= 0.6 is 23.2 Å². The number of aromatic nitrogens is 2. The standard InChI is InChI=1S/C13H14Cl2N4/c1-8-18-12(16)7-13(19-8)17-5-4-9-2-3-10(14)6-11(9)15/h2-3,6-7H,4-5H2,1H3,(H3,16,17,18,19). The van der Waals surface area contributed by atoms with Crippen LogP contribution in [0.2, 0.25) is 10.0 Å². The number of rotatable bonds is 4. The number of nitrogens with zero attached hydrogens (tertiary/aromatic N) is 2. The molecule has 0 aliphatic heterocycles. The molecule has 3 N–H and O–H groups in total. The minimum atomic E-state index is 0.458. The molecule has 6 heteroatoms. The lowest BCUT2D eigenvalue weighted by atomic mass is 10.1. The van der Waals surface area contributed by atoms with Crippen molar-refractivity contribution < 1.29 is 0 Å². The van der Waals surface area contributed by atoms with Crippen LogP contribution < -0.4 is 11.1 Å². The van der Waals surface area contributed by atoms with Crippen molar-refractivity contribution in [2.75, 3.05) is 17.6 Å². The minimum absolute atomic E-state index is 0.458. The molecule has 0 atom stereocenters. The summed E-state index contributed by atoms with van der Waals surface area (Å²) in [4.78, 5) is 8.26. The Hall–Kier alpha value is -1.52. The maximum Gasteiger partial charge on any atom is 0.131 e. The van der Waals surface area contributed by atoms with Crippen LogP contribution in [0.3, 0.4) is 0 Å². The van der Waals surface area contributed by atoms with Crippen LogP contribution in [0.5, 0.6) is 0 Å². The highest BCUT2D eigenvalue weighted by Crippen LogP contribution is 2.21. The van der Waals surface area contributed by atoms with Gasteiger partial charge in [0.25, 0.3) is 0 Å². The molecule has 19 heavy (non-hydrogen) atoms. The van der Waals surface area contributed by atoms with Crippen molar-refractivity contribution in [1.82, 2.24) is 9.97 Å². The smallest absolute Gasteiger partial charge is 0.131 e. The van der Waals surface area contributed by atoms with E-state index in [1.165, 1.54) is 0 Å². The predicted octanol–water partition coefficient (Wildman–Crippen LogP) is 3.33. The third kappa shape index (κ3) is 3.98. The first-order valence-corrected chi connectivity index (χ1v) is 6.59. The van der Waals surface area contributed by atoms with Gasteiger partial charge in [-0.05, 0) is 31.0 Å². The summed E-state index contributed by atoms with van der Waals surface area (Å²) in [5, 5.41) is 4.51. The summed E-state index contributed by atoms with van der Waals surface area (Å²) in [6.07, 6.45) is 0.777. The van der Waals surface area contributed by atoms with Gasteiger partial charge >= 0.3 is 0 Å². The van der Waals surface area contributed by atoms with E-state index >= 15 is 0 Å². The van der Waals surface area contributed by atoms with Gasteiger partial charge in [-0.3, -0.25) is 0 Å². The number of nitrogens with one attached hydrogen (secondary N) is 1. The van der Waals surface area contributed by atoms with Crippen molar-refractivity contribution in [3.05, 3.63) is 45.7 Å². The molecule has 2 aromatic rings. The number of anilines is 2. The fourth-order valence-corrected chi connectivity index (χ4v) is 2.23. The van der Waals surface area contributed by atoms with Gasteiger partial charge in [-0.2, -0.15) is 0 Å². The second kappa shape index (κ2) is 6.08. The van der Waals surface area contributed by atoms with E-state index in [0.29, 0.717) is 28.2 Å². The molecule has 100 valence electrons. The van der Waals surface area contributed by atoms with E-state index in [1.54, 1.807) is 19.1 Å². The summed E-state index contributed by atoms with van der Waals surface area (Å²) in [7, 11) is 0. The van der Waals surface area contributed by atoms with E-state index in [4.69, 9.17) is 28.9 Å². The summed E-state index contributed by atoms with van der Waals surface area (Å²) in [6.45, 7) is 2.51. The zero-order chi connectivity index (χ0) is 13.8. The maximum atomic E-state index is 6.10. The maximum absolute atomic E-state index is 6.10. The Balaban J connectivity index is 1.96. The van der Waals surface area contributed by atoms with Crippen LogP contribution in [-0.2, 0) is 6.42 Å². The van der Waals surface area contributed by atoms with E-state index in [0.717, 1.165) is 17.8 Å². The van der Waals surface area contributed by atoms with Crippen LogP contribution in [0.25, 0.3) is 0 Å². The van der Waals surface area contributed by atoms with Gasteiger partial charge in [0, 0.05) is 22.7 Å². The van der Waals surface area contributed by atoms with Crippen molar-refractivity contribution in [1.29, 1.82) is 0 Å². The van der Waals surface area contributed by atoms with E-state index < -0.39 is 0 Å². The Labute approximate surface area is 122 Å². The summed E-state index contributed by atoms with van der Waals surface area (Å²) in [6, 6.07) is 7.20. The fraction of sp³-hybridized carbons (Fsp3) is 0.231. The lowest BCUT2D eigenvalue weighted by molar-refractivity contribution is 0.984. The number of halogens is 2. The zero-order valence-corrected chi connectivity index (χ0v) is 12.0. The van der Waals surface area contributed by atoms with Crippen LogP contribution in [0.1, 0.15) is 11.4 Å². The molecule has 0 aliphatic carbocycles. The highest BCUT2D eigenvalue weighted by atomic mass is 35.5. The molecule has 0 saturated heterocycles. The Kier molecular flexibility index (Phi) is 4.45. The number of hydrogen-bond acceptors (Lipinski definition) is 4. The van der Waals surface area contributed by atoms with E-state index in [1.807, 2.05) is 12.1 Å². The molecule has 0 aliphatic rings. The van der Waals surface area contributed by atoms with Crippen molar-refractivity contribution in [3.63, 3.8) is 0 Å². The normalized spacial score (nSPS) is 10.5. The SMILES string of the molecule is Cc1nc(N)cc(NCCc2ccc(Cl)cc2Cl)n1. The zero-order valence-electron chi connectivity index (χ0n) is 10.5. The number of nitrogens with two attached hydrogens (primary N) is 1. The fourth-order valence-electron chi connectivity index (χ4n) is 1.73. The molecule has 0 fully saturated rings. The van der Waals surface area contributed by atoms with Gasteiger partial charge in [0.2, 0.25) is 0 Å². The first-order valence-electron chi connectivity index (χ1n) is 5.83. The first-order chi connectivity index (χ1) is 9.04. The van der Waals surface area contributed by atoms with Gasteiger partial charge in [0.15, 0.2) is 0 Å². The molecule has 1 heterocycles. The van der Waals surface area contributed by atoms with Crippen LogP contribution in [0.15, 0.2) is 24.3 Å². The van der Waals surface area contributed by atoms with Crippen LogP contribution in [0.4, 0.5) is 11.6 Å². The average Bonchev–Trinajstić information content (AvgIpc) is 2.30. The molecule has 2 rings (SSSR count). The number of aryl methyl sites for hydroxylation is 1. The van der Waals surface area contributed by atoms with E-state index in [2.05, 4.69) is 15.3 Å². The highest BCUT2D eigenvalue weighted by Gasteiger charge is 2.02. The Bertz CT molecular complexity index is 567. The summed E-state index contributed by atoms with van der Waals surface area (Å²) in [5.74, 6) is 1.82. The molecular formula is C13H14Cl2N4. The molecule has 1 aromatic carbocycles. The van der Waals surface area contributed by atoms with Crippen LogP contribution in [0, 0.1) is 6.92 Å². The third-order valence-electron chi connectivity index (χ3n) is 2.57. The minimum Gasteiger partial charge on any atom is -0.384 e. The molecule has 4 nitrogen and oxygen atoms in total. The predicted molar refractivity (Wildman–Crippen MR) is 79.8 cm³/mol. The van der Waals surface area contributed by atoms with Gasteiger partial charge < -0.3 is 11.1 Å². The van der Waals surface area contributed by atoms with Gasteiger partial charge in [-0.15, -0.1) is 0 Å². The molecule has 0 spiro atoms. The summed E-state index contributed by atoms with van der Waals surface area (Å²) < 4.78 is 0. The quantitative estimate of drug-likeness (QED) is 0.908. The second-order valence-corrected chi connectivity index (χ2v) is 4.98. The lowest BCUT2D eigenvalue weighted by Gasteiger charge is -2.08. The average molecular weight is 297 g/mol. The lowest BCUT2D eigenvalue weighted by Crippen LogP contribution is -2.08. The van der Waals surface area contributed by atoms with Crippen molar-refractivity contribution in [3.8, 4) is 0 Å². The van der Waals surface area contributed by atoms with Gasteiger partial charge in [0.1, 0.15) is 17.5 Å². The van der Waals surface area contributed by atoms with Crippen molar-refractivity contribution >= 4 is 34.8 Å². The monoisotopic (exact) mass is 296 g/mol. The Morgan fingerprint density at radius 2 is 2.00 bits per heavy atom. The largest absolute Gasteiger partial charge is 0.384 e. The number of nitrogen functional groups attached to an aromatic ring is 1. The van der Waals surface area contributed by atoms with Crippen molar-refractivity contribution in [2.45, 2.75) is 13.3 Å².